The first kappa shape index (κ1) is 27.1. The first-order valence-corrected chi connectivity index (χ1v) is 11.9. The third-order valence-electron chi connectivity index (χ3n) is 7.64. The van der Waals surface area contributed by atoms with Crippen LogP contribution in [0.3, 0.4) is 0 Å². The Balaban J connectivity index is 1.97. The number of primary amides is 1. The number of benzene rings is 1. The van der Waals surface area contributed by atoms with Crippen LogP contribution in [0.4, 0.5) is 11.4 Å². The Morgan fingerprint density at radius 2 is 1.79 bits per heavy atom. The number of hydrogen-bond donors (Lipinski definition) is 7. The van der Waals surface area contributed by atoms with E-state index in [9.17, 15) is 39.6 Å². The zero-order valence-electron chi connectivity index (χ0n) is 21.4. The molecule has 0 bridgehead atoms. The highest BCUT2D eigenvalue weighted by atomic mass is 16.3. The van der Waals surface area contributed by atoms with Gasteiger partial charge in [-0.1, -0.05) is 0 Å². The molecule has 1 aromatic carbocycles. The van der Waals surface area contributed by atoms with Gasteiger partial charge in [0, 0.05) is 31.3 Å². The number of aliphatic hydroxyl groups is 3. The molecule has 2 unspecified atom stereocenters. The van der Waals surface area contributed by atoms with Gasteiger partial charge in [-0.25, -0.2) is 0 Å². The van der Waals surface area contributed by atoms with E-state index in [1.54, 1.807) is 33.1 Å². The number of ketones is 2. The Bertz CT molecular complexity index is 1350. The summed E-state index contributed by atoms with van der Waals surface area (Å²) >= 11 is 0. The number of aliphatic hydroxyl groups excluding tert-OH is 2. The van der Waals surface area contributed by atoms with Gasteiger partial charge in [0.1, 0.15) is 17.1 Å². The molecule has 4 rings (SSSR count). The molecule has 4 atom stereocenters. The molecule has 13 nitrogen and oxygen atoms in total. The molecule has 3 aliphatic rings. The molecule has 0 aliphatic heterocycles. The van der Waals surface area contributed by atoms with E-state index in [0.29, 0.717) is 11.3 Å². The van der Waals surface area contributed by atoms with Crippen molar-refractivity contribution in [2.45, 2.75) is 24.5 Å². The van der Waals surface area contributed by atoms with Crippen LogP contribution in [0.25, 0.3) is 0 Å². The molecule has 204 valence electrons. The Labute approximate surface area is 218 Å². The van der Waals surface area contributed by atoms with E-state index in [1.165, 1.54) is 11.0 Å². The van der Waals surface area contributed by atoms with E-state index < -0.39 is 69.7 Å². The molecule has 0 saturated carbocycles. The Hall–Kier alpha value is -3.94. The SMILES string of the molecule is CN(C)c1cc(NC(=O)CN)c(O)c2c1CC1CC3[C@H](N(C)C)C(O)=C(C(N)=O)C(=O)[C@@]3(O)C(O)=C1C2=O. The van der Waals surface area contributed by atoms with Crippen molar-refractivity contribution in [3.8, 4) is 5.75 Å². The third-order valence-corrected chi connectivity index (χ3v) is 7.64. The Morgan fingerprint density at radius 3 is 2.32 bits per heavy atom. The number of hydrogen-bond acceptors (Lipinski definition) is 11. The lowest BCUT2D eigenvalue weighted by Crippen LogP contribution is -2.63. The molecular weight excluding hydrogens is 498 g/mol. The van der Waals surface area contributed by atoms with Crippen molar-refractivity contribution in [2.75, 3.05) is 45.0 Å². The highest BCUT2D eigenvalue weighted by Gasteiger charge is 2.63. The summed E-state index contributed by atoms with van der Waals surface area (Å²) in [5.74, 6) is -8.03. The van der Waals surface area contributed by atoms with Gasteiger partial charge in [0.15, 0.2) is 17.1 Å². The summed E-state index contributed by atoms with van der Waals surface area (Å²) in [4.78, 5) is 54.4. The fourth-order valence-electron chi connectivity index (χ4n) is 5.99. The second kappa shape index (κ2) is 9.11. The number of carbonyl (C=O) groups is 4. The van der Waals surface area contributed by atoms with E-state index in [2.05, 4.69) is 5.32 Å². The Kier molecular flexibility index (Phi) is 6.50. The molecule has 0 saturated heterocycles. The van der Waals surface area contributed by atoms with Gasteiger partial charge in [-0.3, -0.25) is 24.1 Å². The monoisotopic (exact) mass is 529 g/mol. The van der Waals surface area contributed by atoms with Crippen molar-refractivity contribution in [1.82, 2.24) is 4.90 Å². The number of rotatable bonds is 5. The van der Waals surface area contributed by atoms with Gasteiger partial charge in [-0.15, -0.1) is 0 Å². The first-order valence-electron chi connectivity index (χ1n) is 11.9. The predicted octanol–water partition coefficient (Wildman–Crippen LogP) is -0.916. The molecule has 0 spiro atoms. The predicted molar refractivity (Wildman–Crippen MR) is 136 cm³/mol. The standard InChI is InChI=1S/C25H31N5O8/c1-29(2)13-7-12(28-14(31)8-26)19(32)16-10(13)5-9-6-11-18(30(3)4)21(34)17(24(27)37)23(36)25(11,38)22(35)15(9)20(16)33/h7,9,11,18,32,34-35,38H,5-6,8,26H2,1-4H3,(H2,27,37)(H,28,31)/t9?,11?,18-,25-/m0/s1. The largest absolute Gasteiger partial charge is 0.510 e. The second-order valence-corrected chi connectivity index (χ2v) is 10.3. The minimum atomic E-state index is -2.73. The molecule has 1 aromatic rings. The third kappa shape index (κ3) is 3.65. The maximum Gasteiger partial charge on any atom is 0.255 e. The fourth-order valence-corrected chi connectivity index (χ4v) is 5.99. The van der Waals surface area contributed by atoms with Crippen LogP contribution in [0.5, 0.6) is 5.75 Å². The number of phenolic OH excluding ortho intramolecular Hbond substituents is 1. The molecule has 0 aromatic heterocycles. The van der Waals surface area contributed by atoms with E-state index in [0.717, 1.165) is 0 Å². The number of carbonyl (C=O) groups excluding carboxylic acids is 4. The zero-order valence-corrected chi connectivity index (χ0v) is 21.4. The molecule has 0 heterocycles. The summed E-state index contributed by atoms with van der Waals surface area (Å²) in [5, 5.41) is 47.3. The summed E-state index contributed by atoms with van der Waals surface area (Å²) in [7, 11) is 6.55. The van der Waals surface area contributed by atoms with Crippen LogP contribution in [0.1, 0.15) is 22.3 Å². The second-order valence-electron chi connectivity index (χ2n) is 10.3. The van der Waals surface area contributed by atoms with Crippen LogP contribution in [0.15, 0.2) is 28.7 Å². The van der Waals surface area contributed by atoms with Crippen molar-refractivity contribution in [1.29, 1.82) is 0 Å². The summed E-state index contributed by atoms with van der Waals surface area (Å²) in [6.07, 6.45) is 0.103. The highest BCUT2D eigenvalue weighted by Crippen LogP contribution is 2.53. The van der Waals surface area contributed by atoms with Crippen LogP contribution >= 0.6 is 0 Å². The average molecular weight is 530 g/mol. The lowest BCUT2D eigenvalue weighted by atomic mass is 9.58. The molecule has 3 aliphatic carbocycles. The molecule has 13 heteroatoms. The minimum Gasteiger partial charge on any atom is -0.510 e. The normalized spacial score (nSPS) is 26.7. The van der Waals surface area contributed by atoms with E-state index in [4.69, 9.17) is 11.5 Å². The number of Topliss-reactive ketones (excluding diaryl/α,β-unsaturated/α-hetero) is 2. The average Bonchev–Trinajstić information content (AvgIpc) is 2.82. The van der Waals surface area contributed by atoms with Crippen molar-refractivity contribution >= 4 is 34.8 Å². The zero-order chi connectivity index (χ0) is 28.4. The number of anilines is 2. The number of phenols is 1. The Morgan fingerprint density at radius 1 is 1.16 bits per heavy atom. The molecule has 38 heavy (non-hydrogen) atoms. The van der Waals surface area contributed by atoms with E-state index in [-0.39, 0.29) is 36.2 Å². The summed E-state index contributed by atoms with van der Waals surface area (Å²) in [6.45, 7) is -0.373. The summed E-state index contributed by atoms with van der Waals surface area (Å²) in [5.41, 5.74) is 7.50. The molecule has 0 fully saturated rings. The van der Waals surface area contributed by atoms with E-state index >= 15 is 0 Å². The molecular formula is C25H31N5O8. The molecule has 0 radical (unpaired) electrons. The topological polar surface area (TPSA) is 220 Å². The van der Waals surface area contributed by atoms with E-state index in [1.807, 2.05) is 0 Å². The summed E-state index contributed by atoms with van der Waals surface area (Å²) in [6, 6.07) is 0.430. The maximum absolute atomic E-state index is 13.9. The van der Waals surface area contributed by atoms with Crippen molar-refractivity contribution in [2.24, 2.45) is 23.3 Å². The summed E-state index contributed by atoms with van der Waals surface area (Å²) < 4.78 is 0. The molecule has 9 N–H and O–H groups in total. The van der Waals surface area contributed by atoms with Crippen LogP contribution < -0.4 is 21.7 Å². The number of amides is 2. The number of nitrogens with zero attached hydrogens (tertiary/aromatic N) is 2. The van der Waals surface area contributed by atoms with Crippen LogP contribution in [-0.4, -0.2) is 95.1 Å². The van der Waals surface area contributed by atoms with Crippen LogP contribution in [0.2, 0.25) is 0 Å². The van der Waals surface area contributed by atoms with Crippen LogP contribution in [0, 0.1) is 11.8 Å². The number of aromatic hydroxyl groups is 1. The quantitative estimate of drug-likeness (QED) is 0.183. The van der Waals surface area contributed by atoms with Crippen molar-refractivity contribution < 1.29 is 39.6 Å². The van der Waals surface area contributed by atoms with Gasteiger partial charge in [-0.2, -0.15) is 0 Å². The van der Waals surface area contributed by atoms with Gasteiger partial charge >= 0.3 is 0 Å². The number of allylic oxidation sites excluding steroid dienone is 1. The van der Waals surface area contributed by atoms with Crippen LogP contribution in [-0.2, 0) is 20.8 Å². The van der Waals surface area contributed by atoms with Crippen molar-refractivity contribution in [3.63, 3.8) is 0 Å². The van der Waals surface area contributed by atoms with Gasteiger partial charge in [0.05, 0.1) is 23.8 Å². The number of likely N-dealkylation sites (N-methyl/N-ethyl adjacent to an activating group) is 1. The van der Waals surface area contributed by atoms with Gasteiger partial charge < -0.3 is 42.1 Å². The minimum absolute atomic E-state index is 0.0228. The fraction of sp³-hybridized carbons (Fsp3) is 0.440. The van der Waals surface area contributed by atoms with Gasteiger partial charge in [-0.05, 0) is 44.5 Å². The molecule has 2 amide bonds. The van der Waals surface area contributed by atoms with Crippen molar-refractivity contribution in [3.05, 3.63) is 39.9 Å². The highest BCUT2D eigenvalue weighted by molar-refractivity contribution is 6.25. The smallest absolute Gasteiger partial charge is 0.255 e. The maximum atomic E-state index is 13.9. The number of nitrogens with one attached hydrogen (secondary N) is 1. The lowest BCUT2D eigenvalue weighted by Gasteiger charge is -2.50. The van der Waals surface area contributed by atoms with Gasteiger partial charge in [0.25, 0.3) is 5.91 Å². The first-order chi connectivity index (χ1) is 17.7. The lowest BCUT2D eigenvalue weighted by molar-refractivity contribution is -0.148. The van der Waals surface area contributed by atoms with Gasteiger partial charge in [0.2, 0.25) is 11.7 Å². The number of fused-ring (bicyclic) bond motifs is 3. The number of nitrogens with two attached hydrogens (primary N) is 2.